The van der Waals surface area contributed by atoms with Crippen LogP contribution < -0.4 is 15.1 Å². The third-order valence-corrected chi connectivity index (χ3v) is 5.15. The molecule has 0 aromatic carbocycles. The van der Waals surface area contributed by atoms with Crippen molar-refractivity contribution in [3.8, 4) is 6.01 Å². The van der Waals surface area contributed by atoms with Crippen molar-refractivity contribution < 1.29 is 13.9 Å². The molecular weight excluding hydrogens is 506 g/mol. The van der Waals surface area contributed by atoms with Gasteiger partial charge in [0.1, 0.15) is 12.4 Å². The average Bonchev–Trinajstić information content (AvgIpc) is 3.34. The van der Waals surface area contributed by atoms with Crippen LogP contribution in [0.5, 0.6) is 6.01 Å². The molecule has 0 amide bonds. The van der Waals surface area contributed by atoms with E-state index < -0.39 is 0 Å². The van der Waals surface area contributed by atoms with Gasteiger partial charge in [-0.1, -0.05) is 69.2 Å². The fraction of sp³-hybridized carbons (Fsp3) is 0.733. The van der Waals surface area contributed by atoms with E-state index in [9.17, 15) is 0 Å². The Morgan fingerprint density at radius 3 is 2.08 bits per heavy atom. The third-order valence-electron chi connectivity index (χ3n) is 5.15. The molecule has 10 heteroatoms. The average molecular weight is 566 g/mol. The van der Waals surface area contributed by atoms with Crippen molar-refractivity contribution in [1.82, 2.24) is 19.9 Å². The summed E-state index contributed by atoms with van der Waals surface area (Å²) in [5.41, 5.74) is 3.95. The highest BCUT2D eigenvalue weighted by molar-refractivity contribution is 5.75. The Hall–Kier alpha value is -2.72. The number of nitrogens with zero attached hydrogens (tertiary/aromatic N) is 6. The zero-order valence-corrected chi connectivity index (χ0v) is 27.6. The van der Waals surface area contributed by atoms with Gasteiger partial charge in [-0.05, 0) is 32.3 Å². The summed E-state index contributed by atoms with van der Waals surface area (Å²) in [6, 6.07) is 2.21. The smallest absolute Gasteiger partial charge is 0.321 e. The molecule has 1 saturated heterocycles. The highest BCUT2D eigenvalue weighted by Crippen LogP contribution is 2.18. The Bertz CT molecular complexity index is 843. The van der Waals surface area contributed by atoms with Crippen molar-refractivity contribution in [2.24, 2.45) is 5.10 Å². The zero-order chi connectivity index (χ0) is 30.8. The number of hydrogen-bond donors (Lipinski definition) is 1. The molecule has 1 fully saturated rings. The number of morpholine rings is 1. The fourth-order valence-corrected chi connectivity index (χ4v) is 3.35. The molecule has 0 atom stereocenters. The van der Waals surface area contributed by atoms with Crippen molar-refractivity contribution in [2.45, 2.75) is 95.9 Å². The molecule has 0 bridgehead atoms. The molecule has 40 heavy (non-hydrogen) atoms. The topological polar surface area (TPSA) is 101 Å². The summed E-state index contributed by atoms with van der Waals surface area (Å²) in [5.74, 6) is 2.47. The van der Waals surface area contributed by atoms with E-state index in [4.69, 9.17) is 13.9 Å². The standard InChI is InChI=1S/C22H35N7O3.4C2H6/c1-5-7-29(8-6-2)21-24-19(16-23-27-20-15-17(3)18(4)32-20)25-22(26-21)31-14-11-28-9-12-30-13-10-28;4*1-2/h15-16,27H,5-14H2,1-4H3;4*1-2H3/b23-16+;;;;. The second-order valence-corrected chi connectivity index (χ2v) is 7.79. The molecule has 2 aromatic rings. The maximum Gasteiger partial charge on any atom is 0.321 e. The lowest BCUT2D eigenvalue weighted by atomic mass is 10.3. The van der Waals surface area contributed by atoms with E-state index in [0.29, 0.717) is 30.3 Å². The lowest BCUT2D eigenvalue weighted by Gasteiger charge is -2.26. The predicted molar refractivity (Wildman–Crippen MR) is 170 cm³/mol. The number of aryl methyl sites for hydroxylation is 2. The molecule has 1 N–H and O–H groups in total. The summed E-state index contributed by atoms with van der Waals surface area (Å²) in [5, 5.41) is 4.24. The first-order valence-electron chi connectivity index (χ1n) is 15.4. The number of rotatable bonds is 12. The van der Waals surface area contributed by atoms with E-state index >= 15 is 0 Å². The molecule has 1 aliphatic heterocycles. The molecule has 3 rings (SSSR count). The molecule has 3 heterocycles. The van der Waals surface area contributed by atoms with Crippen LogP contribution in [-0.2, 0) is 4.74 Å². The van der Waals surface area contributed by atoms with E-state index in [-0.39, 0.29) is 0 Å². The van der Waals surface area contributed by atoms with Gasteiger partial charge in [-0.15, -0.1) is 0 Å². The van der Waals surface area contributed by atoms with Gasteiger partial charge in [-0.2, -0.15) is 20.1 Å². The second-order valence-electron chi connectivity index (χ2n) is 7.79. The quantitative estimate of drug-likeness (QED) is 0.216. The summed E-state index contributed by atoms with van der Waals surface area (Å²) in [6.45, 7) is 30.6. The Balaban J connectivity index is 0. The predicted octanol–water partition coefficient (Wildman–Crippen LogP) is 6.97. The number of hydrogen-bond acceptors (Lipinski definition) is 10. The van der Waals surface area contributed by atoms with Crippen LogP contribution in [0.15, 0.2) is 15.6 Å². The van der Waals surface area contributed by atoms with Crippen LogP contribution in [0.25, 0.3) is 0 Å². The third kappa shape index (κ3) is 15.8. The summed E-state index contributed by atoms with van der Waals surface area (Å²) in [4.78, 5) is 18.1. The Morgan fingerprint density at radius 2 is 1.55 bits per heavy atom. The van der Waals surface area contributed by atoms with Crippen LogP contribution >= 0.6 is 0 Å². The summed E-state index contributed by atoms with van der Waals surface area (Å²) in [7, 11) is 0. The molecule has 0 saturated carbocycles. The molecule has 0 aliphatic carbocycles. The van der Waals surface area contributed by atoms with Crippen LogP contribution in [0.1, 0.15) is 99.2 Å². The van der Waals surface area contributed by atoms with Crippen molar-refractivity contribution in [2.75, 3.05) is 62.9 Å². The Labute approximate surface area is 245 Å². The molecule has 2 aromatic heterocycles. The van der Waals surface area contributed by atoms with Gasteiger partial charge < -0.3 is 18.8 Å². The highest BCUT2D eigenvalue weighted by Gasteiger charge is 2.14. The van der Waals surface area contributed by atoms with Crippen LogP contribution in [0, 0.1) is 13.8 Å². The van der Waals surface area contributed by atoms with Gasteiger partial charge in [0.05, 0.1) is 19.4 Å². The number of hydrazone groups is 1. The zero-order valence-electron chi connectivity index (χ0n) is 27.6. The monoisotopic (exact) mass is 565 g/mol. The summed E-state index contributed by atoms with van der Waals surface area (Å²) in [6.07, 6.45) is 3.56. The summed E-state index contributed by atoms with van der Waals surface area (Å²) >= 11 is 0. The van der Waals surface area contributed by atoms with E-state index in [1.807, 2.05) is 75.3 Å². The van der Waals surface area contributed by atoms with E-state index in [0.717, 1.165) is 70.1 Å². The Morgan fingerprint density at radius 1 is 0.950 bits per heavy atom. The first-order chi connectivity index (χ1) is 19.6. The largest absolute Gasteiger partial charge is 0.462 e. The van der Waals surface area contributed by atoms with Crippen LogP contribution in [0.3, 0.4) is 0 Å². The molecule has 0 unspecified atom stereocenters. The Kier molecular flexibility index (Phi) is 26.1. The summed E-state index contributed by atoms with van der Waals surface area (Å²) < 4.78 is 16.9. The molecule has 232 valence electrons. The van der Waals surface area contributed by atoms with Crippen molar-refractivity contribution in [1.29, 1.82) is 0 Å². The van der Waals surface area contributed by atoms with Crippen LogP contribution in [0.4, 0.5) is 11.8 Å². The maximum atomic E-state index is 5.91. The maximum absolute atomic E-state index is 5.91. The number of anilines is 2. The lowest BCUT2D eigenvalue weighted by Crippen LogP contribution is -2.38. The first-order valence-corrected chi connectivity index (χ1v) is 15.4. The van der Waals surface area contributed by atoms with E-state index in [1.54, 1.807) is 6.21 Å². The highest BCUT2D eigenvalue weighted by atomic mass is 16.5. The number of ether oxygens (including phenoxy) is 2. The molecule has 10 nitrogen and oxygen atoms in total. The van der Waals surface area contributed by atoms with Gasteiger partial charge in [-0.25, -0.2) is 5.43 Å². The minimum atomic E-state index is 0.312. The minimum absolute atomic E-state index is 0.312. The van der Waals surface area contributed by atoms with Crippen molar-refractivity contribution in [3.05, 3.63) is 23.2 Å². The SMILES string of the molecule is CC.CC.CC.CC.CCCN(CCC)c1nc(/C=N/Nc2cc(C)c(C)o2)nc(OCCN2CCOCC2)n1. The van der Waals surface area contributed by atoms with Gasteiger partial charge in [0.25, 0.3) is 0 Å². The van der Waals surface area contributed by atoms with Gasteiger partial charge in [-0.3, -0.25) is 4.90 Å². The van der Waals surface area contributed by atoms with Crippen LogP contribution in [0.2, 0.25) is 0 Å². The minimum Gasteiger partial charge on any atom is -0.462 e. The first kappa shape index (κ1) is 39.4. The van der Waals surface area contributed by atoms with Crippen molar-refractivity contribution in [3.63, 3.8) is 0 Å². The fourth-order valence-electron chi connectivity index (χ4n) is 3.35. The van der Waals surface area contributed by atoms with Gasteiger partial charge >= 0.3 is 6.01 Å². The van der Waals surface area contributed by atoms with E-state index in [2.05, 4.69) is 49.1 Å². The normalized spacial score (nSPS) is 12.4. The lowest BCUT2D eigenvalue weighted by molar-refractivity contribution is 0.0317. The van der Waals surface area contributed by atoms with Crippen LogP contribution in [-0.4, -0.2) is 78.6 Å². The van der Waals surface area contributed by atoms with E-state index in [1.165, 1.54) is 0 Å². The second kappa shape index (κ2) is 26.5. The number of aromatic nitrogens is 3. The van der Waals surface area contributed by atoms with Crippen molar-refractivity contribution >= 4 is 18.0 Å². The molecule has 0 radical (unpaired) electrons. The van der Waals surface area contributed by atoms with Gasteiger partial charge in [0.2, 0.25) is 11.8 Å². The molecule has 0 spiro atoms. The number of nitrogens with one attached hydrogen (secondary N) is 1. The number of furan rings is 1. The molecular formula is C30H59N7O3. The van der Waals surface area contributed by atoms with Gasteiger partial charge in [0.15, 0.2) is 5.82 Å². The van der Waals surface area contributed by atoms with Gasteiger partial charge in [0, 0.05) is 38.8 Å². The molecule has 1 aliphatic rings.